The van der Waals surface area contributed by atoms with E-state index in [1.54, 1.807) is 11.3 Å². The van der Waals surface area contributed by atoms with Gasteiger partial charge in [0.2, 0.25) is 0 Å². The van der Waals surface area contributed by atoms with Crippen LogP contribution in [-0.2, 0) is 12.1 Å². The van der Waals surface area contributed by atoms with E-state index < -0.39 is 0 Å². The zero-order valence-electron chi connectivity index (χ0n) is 9.90. The molecular formula is C13H15ClN2S. The molecular weight excluding hydrogens is 252 g/mol. The first-order valence-corrected chi connectivity index (χ1v) is 6.74. The van der Waals surface area contributed by atoms with Crippen LogP contribution in [0.4, 0.5) is 0 Å². The van der Waals surface area contributed by atoms with Crippen molar-refractivity contribution < 1.29 is 0 Å². The van der Waals surface area contributed by atoms with Crippen LogP contribution in [0.5, 0.6) is 0 Å². The first-order chi connectivity index (χ1) is 8.09. The third-order valence-electron chi connectivity index (χ3n) is 2.65. The Hall–Kier alpha value is -0.900. The topological polar surface area (TPSA) is 24.9 Å². The van der Waals surface area contributed by atoms with Crippen LogP contribution in [0, 0.1) is 0 Å². The lowest BCUT2D eigenvalue weighted by Crippen LogP contribution is -2.35. The fourth-order valence-corrected chi connectivity index (χ4v) is 2.51. The third-order valence-corrected chi connectivity index (χ3v) is 4.11. The molecule has 0 fully saturated rings. The highest BCUT2D eigenvalue weighted by molar-refractivity contribution is 7.09. The van der Waals surface area contributed by atoms with E-state index in [-0.39, 0.29) is 5.54 Å². The molecule has 1 aromatic heterocycles. The summed E-state index contributed by atoms with van der Waals surface area (Å²) in [6, 6.07) is 7.89. The second kappa shape index (κ2) is 5.17. The molecule has 0 aliphatic carbocycles. The summed E-state index contributed by atoms with van der Waals surface area (Å²) in [5.74, 6) is 0. The highest BCUT2D eigenvalue weighted by Crippen LogP contribution is 2.23. The molecule has 0 aliphatic rings. The Bertz CT molecular complexity index is 480. The molecule has 0 atom stereocenters. The summed E-state index contributed by atoms with van der Waals surface area (Å²) in [4.78, 5) is 4.35. The van der Waals surface area contributed by atoms with Crippen molar-refractivity contribution >= 4 is 22.9 Å². The fraction of sp³-hybridized carbons (Fsp3) is 0.308. The molecule has 4 heteroatoms. The molecule has 17 heavy (non-hydrogen) atoms. The lowest BCUT2D eigenvalue weighted by Gasteiger charge is -2.24. The molecule has 2 rings (SSSR count). The minimum absolute atomic E-state index is 0.132. The molecule has 2 nitrogen and oxygen atoms in total. The molecule has 1 N–H and O–H groups in total. The summed E-state index contributed by atoms with van der Waals surface area (Å²) in [6.45, 7) is 5.00. The van der Waals surface area contributed by atoms with Crippen molar-refractivity contribution in [3.05, 3.63) is 51.4 Å². The number of rotatable bonds is 4. The predicted octanol–water partition coefficient (Wildman–Crippen LogP) is 3.82. The molecule has 0 bridgehead atoms. The second-order valence-corrected chi connectivity index (χ2v) is 5.71. The highest BCUT2D eigenvalue weighted by atomic mass is 35.5. The number of thiazole rings is 1. The van der Waals surface area contributed by atoms with Gasteiger partial charge in [-0.3, -0.25) is 0 Å². The lowest BCUT2D eigenvalue weighted by molar-refractivity contribution is 0.399. The number of nitrogens with zero attached hydrogens (tertiary/aromatic N) is 1. The zero-order chi connectivity index (χ0) is 12.3. The van der Waals surface area contributed by atoms with Gasteiger partial charge in [0.05, 0.1) is 5.54 Å². The minimum Gasteiger partial charge on any atom is -0.302 e. The van der Waals surface area contributed by atoms with Gasteiger partial charge in [-0.05, 0) is 25.5 Å². The van der Waals surface area contributed by atoms with Crippen molar-refractivity contribution in [1.29, 1.82) is 0 Å². The van der Waals surface area contributed by atoms with Gasteiger partial charge in [0.25, 0.3) is 0 Å². The van der Waals surface area contributed by atoms with Crippen LogP contribution in [-0.4, -0.2) is 4.98 Å². The molecule has 0 radical (unpaired) electrons. The van der Waals surface area contributed by atoms with Crippen molar-refractivity contribution in [3.63, 3.8) is 0 Å². The van der Waals surface area contributed by atoms with Crippen LogP contribution in [0.1, 0.15) is 24.4 Å². The Morgan fingerprint density at radius 3 is 2.76 bits per heavy atom. The van der Waals surface area contributed by atoms with E-state index in [1.165, 1.54) is 0 Å². The molecule has 1 heterocycles. The molecule has 90 valence electrons. The van der Waals surface area contributed by atoms with Crippen LogP contribution in [0.3, 0.4) is 0 Å². The van der Waals surface area contributed by atoms with Crippen LogP contribution >= 0.6 is 22.9 Å². The maximum Gasteiger partial charge on any atom is 0.112 e. The predicted molar refractivity (Wildman–Crippen MR) is 73.4 cm³/mol. The number of aromatic nitrogens is 1. The molecule has 1 aromatic carbocycles. The lowest BCUT2D eigenvalue weighted by atomic mass is 10.1. The number of benzene rings is 1. The quantitative estimate of drug-likeness (QED) is 0.910. The van der Waals surface area contributed by atoms with Gasteiger partial charge in [-0.2, -0.15) is 0 Å². The minimum atomic E-state index is -0.132. The molecule has 0 aliphatic heterocycles. The summed E-state index contributed by atoms with van der Waals surface area (Å²) < 4.78 is 0. The van der Waals surface area contributed by atoms with Crippen LogP contribution in [0.25, 0.3) is 0 Å². The zero-order valence-corrected chi connectivity index (χ0v) is 11.5. The van der Waals surface area contributed by atoms with Crippen molar-refractivity contribution in [2.75, 3.05) is 0 Å². The van der Waals surface area contributed by atoms with Gasteiger partial charge >= 0.3 is 0 Å². The number of halogens is 1. The largest absolute Gasteiger partial charge is 0.302 e. The molecule has 0 saturated heterocycles. The summed E-state index contributed by atoms with van der Waals surface area (Å²) in [7, 11) is 0. The van der Waals surface area contributed by atoms with E-state index in [1.807, 2.05) is 35.8 Å². The Balaban J connectivity index is 2.06. The third kappa shape index (κ3) is 3.06. The van der Waals surface area contributed by atoms with Gasteiger partial charge in [-0.1, -0.05) is 29.8 Å². The van der Waals surface area contributed by atoms with Crippen LogP contribution in [0.15, 0.2) is 35.8 Å². The van der Waals surface area contributed by atoms with Crippen LogP contribution in [0.2, 0.25) is 5.02 Å². The van der Waals surface area contributed by atoms with E-state index in [4.69, 9.17) is 11.6 Å². The van der Waals surface area contributed by atoms with Crippen molar-refractivity contribution in [2.45, 2.75) is 25.9 Å². The van der Waals surface area contributed by atoms with E-state index in [2.05, 4.69) is 24.1 Å². The summed E-state index contributed by atoms with van der Waals surface area (Å²) in [5, 5.41) is 7.36. The van der Waals surface area contributed by atoms with Crippen molar-refractivity contribution in [2.24, 2.45) is 0 Å². The van der Waals surface area contributed by atoms with Gasteiger partial charge in [0.1, 0.15) is 5.01 Å². The first-order valence-electron chi connectivity index (χ1n) is 5.48. The normalized spacial score (nSPS) is 11.7. The Morgan fingerprint density at radius 1 is 1.35 bits per heavy atom. The Morgan fingerprint density at radius 2 is 2.12 bits per heavy atom. The van der Waals surface area contributed by atoms with Gasteiger partial charge in [-0.15, -0.1) is 11.3 Å². The van der Waals surface area contributed by atoms with Crippen molar-refractivity contribution in [1.82, 2.24) is 10.3 Å². The van der Waals surface area contributed by atoms with Gasteiger partial charge in [0.15, 0.2) is 0 Å². The van der Waals surface area contributed by atoms with E-state index >= 15 is 0 Å². The fourth-order valence-electron chi connectivity index (χ4n) is 1.57. The van der Waals surface area contributed by atoms with E-state index in [0.29, 0.717) is 0 Å². The monoisotopic (exact) mass is 266 g/mol. The summed E-state index contributed by atoms with van der Waals surface area (Å²) in [6.07, 6.45) is 1.83. The van der Waals surface area contributed by atoms with Gasteiger partial charge in [0, 0.05) is 23.1 Å². The number of hydrogen-bond acceptors (Lipinski definition) is 3. The SMILES string of the molecule is CC(C)(NCc1ccccc1Cl)c1nccs1. The van der Waals surface area contributed by atoms with Gasteiger partial charge < -0.3 is 5.32 Å². The highest BCUT2D eigenvalue weighted by Gasteiger charge is 2.22. The molecule has 0 saturated carbocycles. The van der Waals surface area contributed by atoms with Gasteiger partial charge in [-0.25, -0.2) is 4.98 Å². The average molecular weight is 267 g/mol. The van der Waals surface area contributed by atoms with Crippen molar-refractivity contribution in [3.8, 4) is 0 Å². The van der Waals surface area contributed by atoms with E-state index in [0.717, 1.165) is 22.1 Å². The molecule has 0 unspecified atom stereocenters. The first kappa shape index (κ1) is 12.6. The second-order valence-electron chi connectivity index (χ2n) is 4.41. The van der Waals surface area contributed by atoms with Crippen LogP contribution < -0.4 is 5.32 Å². The molecule has 0 amide bonds. The van der Waals surface area contributed by atoms with E-state index in [9.17, 15) is 0 Å². The Kier molecular flexibility index (Phi) is 3.82. The number of hydrogen-bond donors (Lipinski definition) is 1. The summed E-state index contributed by atoms with van der Waals surface area (Å²) in [5.41, 5.74) is 0.978. The number of nitrogens with one attached hydrogen (secondary N) is 1. The molecule has 2 aromatic rings. The maximum atomic E-state index is 6.12. The average Bonchev–Trinajstić information content (AvgIpc) is 2.82. The molecule has 0 spiro atoms. The smallest absolute Gasteiger partial charge is 0.112 e. The standard InChI is InChI=1S/C13H15ClN2S/c1-13(2,12-15-7-8-17-12)16-9-10-5-3-4-6-11(10)14/h3-8,16H,9H2,1-2H3. The summed E-state index contributed by atoms with van der Waals surface area (Å²) >= 11 is 7.79. The maximum absolute atomic E-state index is 6.12. The Labute approximate surface area is 111 Å².